The van der Waals surface area contributed by atoms with E-state index in [1.807, 2.05) is 0 Å². The van der Waals surface area contributed by atoms with E-state index in [-0.39, 0.29) is 5.82 Å². The molecular formula is C9H12FN3. The summed E-state index contributed by atoms with van der Waals surface area (Å²) in [4.78, 5) is 3.72. The summed E-state index contributed by atoms with van der Waals surface area (Å²) >= 11 is 0. The summed E-state index contributed by atoms with van der Waals surface area (Å²) in [6, 6.07) is 0. The first-order chi connectivity index (χ1) is 6.16. The third-order valence-electron chi connectivity index (χ3n) is 1.77. The predicted octanol–water partition coefficient (Wildman–Crippen LogP) is 1.30. The molecule has 4 heteroatoms. The van der Waals surface area contributed by atoms with Gasteiger partial charge in [-0.25, -0.2) is 9.37 Å². The molecule has 0 aliphatic carbocycles. The second kappa shape index (κ2) is 3.89. The second-order valence-corrected chi connectivity index (χ2v) is 2.65. The minimum atomic E-state index is -0.343. The van der Waals surface area contributed by atoms with E-state index in [9.17, 15) is 4.39 Å². The maximum atomic E-state index is 13.0. The number of nitrogen functional groups attached to an aromatic ring is 1. The third-order valence-corrected chi connectivity index (χ3v) is 1.77. The number of anilines is 1. The second-order valence-electron chi connectivity index (χ2n) is 2.65. The lowest BCUT2D eigenvalue weighted by Crippen LogP contribution is -2.00. The number of hydrogen-bond acceptors (Lipinski definition) is 3. The molecule has 0 radical (unpaired) electrons. The van der Waals surface area contributed by atoms with Gasteiger partial charge in [-0.2, -0.15) is 0 Å². The van der Waals surface area contributed by atoms with Gasteiger partial charge in [-0.05, 0) is 24.8 Å². The van der Waals surface area contributed by atoms with Crippen molar-refractivity contribution in [1.29, 1.82) is 0 Å². The fraction of sp³-hybridized carbons (Fsp3) is 0.222. The van der Waals surface area contributed by atoms with Crippen molar-refractivity contribution in [2.75, 3.05) is 12.8 Å². The van der Waals surface area contributed by atoms with Crippen molar-refractivity contribution in [3.8, 4) is 0 Å². The van der Waals surface area contributed by atoms with Gasteiger partial charge in [0.05, 0.1) is 6.20 Å². The fourth-order valence-electron chi connectivity index (χ4n) is 0.990. The van der Waals surface area contributed by atoms with Crippen molar-refractivity contribution in [1.82, 2.24) is 10.3 Å². The molecule has 0 saturated carbocycles. The Hall–Kier alpha value is -1.58. The smallest absolute Gasteiger partial charge is 0.145 e. The molecule has 0 unspecified atom stereocenters. The average molecular weight is 181 g/mol. The minimum absolute atomic E-state index is 0.338. The highest BCUT2D eigenvalue weighted by Crippen LogP contribution is 2.17. The lowest BCUT2D eigenvalue weighted by Gasteiger charge is -2.04. The zero-order valence-electron chi connectivity index (χ0n) is 7.63. The summed E-state index contributed by atoms with van der Waals surface area (Å²) in [5, 5.41) is 2.80. The Labute approximate surface area is 76.5 Å². The fourth-order valence-corrected chi connectivity index (χ4v) is 0.990. The van der Waals surface area contributed by atoms with Gasteiger partial charge in [-0.15, -0.1) is 0 Å². The van der Waals surface area contributed by atoms with Crippen LogP contribution in [0.15, 0.2) is 12.4 Å². The Bertz CT molecular complexity index is 334. The summed E-state index contributed by atoms with van der Waals surface area (Å²) in [6.45, 7) is 1.67. The van der Waals surface area contributed by atoms with E-state index in [1.54, 1.807) is 26.2 Å². The molecule has 3 nitrogen and oxygen atoms in total. The SMILES string of the molecule is CN/C=C\c1c(N)ncc(F)c1C. The Kier molecular flexibility index (Phi) is 2.84. The van der Waals surface area contributed by atoms with Crippen LogP contribution in [-0.4, -0.2) is 12.0 Å². The maximum absolute atomic E-state index is 13.0. The lowest BCUT2D eigenvalue weighted by molar-refractivity contribution is 0.612. The number of nitrogens with zero attached hydrogens (tertiary/aromatic N) is 1. The van der Waals surface area contributed by atoms with Crippen molar-refractivity contribution in [2.24, 2.45) is 0 Å². The highest BCUT2D eigenvalue weighted by Gasteiger charge is 2.05. The van der Waals surface area contributed by atoms with Crippen LogP contribution in [0.2, 0.25) is 0 Å². The van der Waals surface area contributed by atoms with Crippen LogP contribution < -0.4 is 11.1 Å². The number of aromatic nitrogens is 1. The van der Waals surface area contributed by atoms with E-state index < -0.39 is 0 Å². The largest absolute Gasteiger partial charge is 0.394 e. The van der Waals surface area contributed by atoms with Crippen molar-refractivity contribution in [3.63, 3.8) is 0 Å². The molecule has 0 aliphatic heterocycles. The van der Waals surface area contributed by atoms with Gasteiger partial charge in [-0.3, -0.25) is 0 Å². The van der Waals surface area contributed by atoms with Gasteiger partial charge in [-0.1, -0.05) is 0 Å². The summed E-state index contributed by atoms with van der Waals surface area (Å²) in [6.07, 6.45) is 4.50. The molecular weight excluding hydrogens is 169 g/mol. The summed E-state index contributed by atoms with van der Waals surface area (Å²) < 4.78 is 13.0. The van der Waals surface area contributed by atoms with Gasteiger partial charge in [0.25, 0.3) is 0 Å². The van der Waals surface area contributed by atoms with E-state index in [0.29, 0.717) is 16.9 Å². The molecule has 1 heterocycles. The molecule has 0 atom stereocenters. The molecule has 0 aliphatic rings. The molecule has 0 aromatic carbocycles. The lowest BCUT2D eigenvalue weighted by atomic mass is 10.1. The predicted molar refractivity (Wildman–Crippen MR) is 51.4 cm³/mol. The zero-order valence-corrected chi connectivity index (χ0v) is 7.63. The van der Waals surface area contributed by atoms with Crippen molar-refractivity contribution >= 4 is 11.9 Å². The van der Waals surface area contributed by atoms with Crippen LogP contribution >= 0.6 is 0 Å². The first-order valence-corrected chi connectivity index (χ1v) is 3.91. The third kappa shape index (κ3) is 1.96. The highest BCUT2D eigenvalue weighted by atomic mass is 19.1. The molecule has 0 bridgehead atoms. The van der Waals surface area contributed by atoms with Crippen LogP contribution in [0.25, 0.3) is 6.08 Å². The van der Waals surface area contributed by atoms with E-state index in [0.717, 1.165) is 6.20 Å². The van der Waals surface area contributed by atoms with Crippen LogP contribution in [0.4, 0.5) is 10.2 Å². The van der Waals surface area contributed by atoms with E-state index in [4.69, 9.17) is 5.73 Å². The normalized spacial score (nSPS) is 10.7. The topological polar surface area (TPSA) is 50.9 Å². The van der Waals surface area contributed by atoms with E-state index in [1.165, 1.54) is 0 Å². The molecule has 1 rings (SSSR count). The number of nitrogens with two attached hydrogens (primary N) is 1. The zero-order chi connectivity index (χ0) is 9.84. The number of rotatable bonds is 2. The van der Waals surface area contributed by atoms with E-state index >= 15 is 0 Å². The Morgan fingerprint density at radius 3 is 2.92 bits per heavy atom. The summed E-state index contributed by atoms with van der Waals surface area (Å²) in [5.74, 6) is -0.00430. The number of halogens is 1. The molecule has 0 saturated heterocycles. The first-order valence-electron chi connectivity index (χ1n) is 3.91. The van der Waals surface area contributed by atoms with Crippen molar-refractivity contribution < 1.29 is 4.39 Å². The molecule has 0 amide bonds. The van der Waals surface area contributed by atoms with Gasteiger partial charge in [0.15, 0.2) is 0 Å². The summed E-state index contributed by atoms with van der Waals surface area (Å²) in [5.41, 5.74) is 6.71. The quantitative estimate of drug-likeness (QED) is 0.723. The molecule has 0 spiro atoms. The van der Waals surface area contributed by atoms with Crippen LogP contribution in [0.3, 0.4) is 0 Å². The highest BCUT2D eigenvalue weighted by molar-refractivity contribution is 5.64. The van der Waals surface area contributed by atoms with Crippen LogP contribution in [-0.2, 0) is 0 Å². The Morgan fingerprint density at radius 1 is 1.62 bits per heavy atom. The Balaban J connectivity index is 3.17. The average Bonchev–Trinajstić information content (AvgIpc) is 2.12. The van der Waals surface area contributed by atoms with Gasteiger partial charge >= 0.3 is 0 Å². The first kappa shape index (κ1) is 9.51. The molecule has 70 valence electrons. The van der Waals surface area contributed by atoms with Crippen molar-refractivity contribution in [3.05, 3.63) is 29.3 Å². The Morgan fingerprint density at radius 2 is 2.31 bits per heavy atom. The standard InChI is InChI=1S/C9H12FN3/c1-6-7(3-4-12-2)9(11)13-5-8(6)10/h3-5,12H,1-2H3,(H2,11,13)/b4-3-. The molecule has 0 fully saturated rings. The molecule has 13 heavy (non-hydrogen) atoms. The van der Waals surface area contributed by atoms with Gasteiger partial charge in [0.2, 0.25) is 0 Å². The van der Waals surface area contributed by atoms with Crippen LogP contribution in [0.5, 0.6) is 0 Å². The molecule has 1 aromatic rings. The maximum Gasteiger partial charge on any atom is 0.145 e. The van der Waals surface area contributed by atoms with Gasteiger partial charge in [0.1, 0.15) is 11.6 Å². The molecule has 1 aromatic heterocycles. The summed E-state index contributed by atoms with van der Waals surface area (Å²) in [7, 11) is 1.76. The van der Waals surface area contributed by atoms with Crippen LogP contribution in [0.1, 0.15) is 11.1 Å². The van der Waals surface area contributed by atoms with Crippen molar-refractivity contribution in [2.45, 2.75) is 6.92 Å². The monoisotopic (exact) mass is 181 g/mol. The van der Waals surface area contributed by atoms with Crippen LogP contribution in [0, 0.1) is 12.7 Å². The number of pyridine rings is 1. The van der Waals surface area contributed by atoms with E-state index in [2.05, 4.69) is 10.3 Å². The number of hydrogen-bond donors (Lipinski definition) is 2. The minimum Gasteiger partial charge on any atom is -0.394 e. The molecule has 3 N–H and O–H groups in total. The number of nitrogens with one attached hydrogen (secondary N) is 1. The van der Waals surface area contributed by atoms with Gasteiger partial charge in [0, 0.05) is 12.6 Å². The van der Waals surface area contributed by atoms with Gasteiger partial charge < -0.3 is 11.1 Å².